The number of aryl methyl sites for hydroxylation is 3. The summed E-state index contributed by atoms with van der Waals surface area (Å²) in [6.45, 7) is 1.78. The molecular formula is C32H34N10O. The summed E-state index contributed by atoms with van der Waals surface area (Å²) in [5.41, 5.74) is 7.45. The van der Waals surface area contributed by atoms with Gasteiger partial charge in [0.15, 0.2) is 0 Å². The summed E-state index contributed by atoms with van der Waals surface area (Å²) < 4.78 is 7.44. The zero-order chi connectivity index (χ0) is 29.5. The molecule has 2 aliphatic rings. The van der Waals surface area contributed by atoms with Gasteiger partial charge in [0.25, 0.3) is 0 Å². The van der Waals surface area contributed by atoms with Gasteiger partial charge in [-0.2, -0.15) is 15.5 Å². The summed E-state index contributed by atoms with van der Waals surface area (Å²) in [4.78, 5) is 25.0. The van der Waals surface area contributed by atoms with Gasteiger partial charge in [0.05, 0.1) is 58.7 Å². The highest BCUT2D eigenvalue weighted by Gasteiger charge is 2.44. The van der Waals surface area contributed by atoms with Crippen LogP contribution in [0.3, 0.4) is 0 Å². The topological polar surface area (TPSA) is 118 Å². The summed E-state index contributed by atoms with van der Waals surface area (Å²) in [6.07, 6.45) is 13.3. The van der Waals surface area contributed by atoms with Crippen molar-refractivity contribution in [3.8, 4) is 28.5 Å². The smallest absolute Gasteiger partial charge is 0.329 e. The molecule has 0 unspecified atom stereocenters. The number of benzene rings is 1. The summed E-state index contributed by atoms with van der Waals surface area (Å²) in [5, 5.41) is 20.4. The van der Waals surface area contributed by atoms with Gasteiger partial charge in [-0.05, 0) is 49.8 Å². The first-order valence-corrected chi connectivity index (χ1v) is 15.0. The van der Waals surface area contributed by atoms with Gasteiger partial charge in [-0.1, -0.05) is 6.07 Å². The van der Waals surface area contributed by atoms with Crippen molar-refractivity contribution in [3.63, 3.8) is 0 Å². The van der Waals surface area contributed by atoms with Crippen LogP contribution in [0.1, 0.15) is 44.6 Å². The normalized spacial score (nSPS) is 17.6. The molecule has 1 aromatic carbocycles. The van der Waals surface area contributed by atoms with Crippen LogP contribution in [0.5, 0.6) is 0 Å². The number of aromatic nitrogens is 8. The number of piperidine rings is 1. The minimum atomic E-state index is -0.0177. The number of hydrogen-bond acceptors (Lipinski definition) is 6. The van der Waals surface area contributed by atoms with E-state index in [1.807, 2.05) is 55.2 Å². The summed E-state index contributed by atoms with van der Waals surface area (Å²) in [6, 6.07) is 8.89. The molecule has 43 heavy (non-hydrogen) atoms. The molecule has 11 heteroatoms. The highest BCUT2D eigenvalue weighted by atomic mass is 16.1. The number of aromatic amines is 1. The molecule has 1 aliphatic carbocycles. The van der Waals surface area contributed by atoms with Crippen molar-refractivity contribution in [1.82, 2.24) is 43.6 Å². The van der Waals surface area contributed by atoms with Crippen LogP contribution >= 0.6 is 0 Å². The predicted octanol–water partition coefficient (Wildman–Crippen LogP) is 4.64. The maximum atomic E-state index is 14.0. The van der Waals surface area contributed by atoms with E-state index >= 15 is 0 Å². The first-order chi connectivity index (χ1) is 20.9. The molecule has 0 radical (unpaired) electrons. The molecular weight excluding hydrogens is 540 g/mol. The highest BCUT2D eigenvalue weighted by molar-refractivity contribution is 6.14. The van der Waals surface area contributed by atoms with Crippen LogP contribution in [0.15, 0.2) is 47.8 Å². The lowest BCUT2D eigenvalue weighted by Crippen LogP contribution is -2.56. The van der Waals surface area contributed by atoms with Gasteiger partial charge in [-0.15, -0.1) is 0 Å². The lowest BCUT2D eigenvalue weighted by Gasteiger charge is -2.51. The molecule has 0 amide bonds. The SMILES string of the molecule is Cn1cc(-c2[nH]c3ncc4c(c3c2-c2ccc3c(cnn3C)c2)n(C2CCN(C3(CC#N)CCC3)CC2)c(=O)n4C)cn1. The second kappa shape index (κ2) is 9.41. The van der Waals surface area contributed by atoms with E-state index in [1.54, 1.807) is 9.25 Å². The monoisotopic (exact) mass is 574 g/mol. The minimum Gasteiger partial charge on any atom is -0.339 e. The highest BCUT2D eigenvalue weighted by Crippen LogP contribution is 2.45. The lowest BCUT2D eigenvalue weighted by atomic mass is 9.72. The number of rotatable bonds is 5. The second-order valence-corrected chi connectivity index (χ2v) is 12.4. The van der Waals surface area contributed by atoms with Gasteiger partial charge >= 0.3 is 5.69 Å². The van der Waals surface area contributed by atoms with Crippen LogP contribution < -0.4 is 5.69 Å². The van der Waals surface area contributed by atoms with Crippen LogP contribution in [0.4, 0.5) is 0 Å². The fraction of sp³-hybridized carbons (Fsp3) is 0.406. The second-order valence-electron chi connectivity index (χ2n) is 12.4. The van der Waals surface area contributed by atoms with E-state index in [-0.39, 0.29) is 17.3 Å². The number of fused-ring (bicyclic) bond motifs is 4. The fourth-order valence-electron chi connectivity index (χ4n) is 7.63. The third-order valence-corrected chi connectivity index (χ3v) is 10.1. The van der Waals surface area contributed by atoms with Gasteiger partial charge in [-0.3, -0.25) is 23.4 Å². The molecule has 8 rings (SSSR count). The number of nitrogens with zero attached hydrogens (tertiary/aromatic N) is 9. The Labute approximate surface area is 247 Å². The average Bonchev–Trinajstić information content (AvgIpc) is 3.75. The van der Waals surface area contributed by atoms with Gasteiger partial charge in [-0.25, -0.2) is 9.78 Å². The molecule has 1 saturated carbocycles. The van der Waals surface area contributed by atoms with E-state index in [0.717, 1.165) is 94.1 Å². The summed E-state index contributed by atoms with van der Waals surface area (Å²) in [5.74, 6) is 0. The first kappa shape index (κ1) is 26.0. The lowest BCUT2D eigenvalue weighted by molar-refractivity contribution is -0.00374. The zero-order valence-electron chi connectivity index (χ0n) is 24.7. The fourth-order valence-corrected chi connectivity index (χ4v) is 7.63. The van der Waals surface area contributed by atoms with E-state index in [4.69, 9.17) is 4.98 Å². The van der Waals surface area contributed by atoms with Crippen molar-refractivity contribution in [2.75, 3.05) is 13.1 Å². The largest absolute Gasteiger partial charge is 0.339 e. The Hall–Kier alpha value is -4.69. The van der Waals surface area contributed by atoms with Crippen LogP contribution in [-0.4, -0.2) is 62.2 Å². The Bertz CT molecular complexity index is 2140. The Kier molecular flexibility index (Phi) is 5.68. The number of nitriles is 1. The van der Waals surface area contributed by atoms with E-state index in [0.29, 0.717) is 6.42 Å². The van der Waals surface area contributed by atoms with E-state index in [9.17, 15) is 10.1 Å². The standard InChI is InChI=1S/C32H34N10O/c1-38-19-22(17-35-38)28-26(20-5-6-24-21(15-20)16-36-40(24)3)27-29-25(18-34-30(27)37-28)39(2)31(43)42(29)23-7-13-41(14-8-23)32(11-12-33)9-4-10-32/h5-6,15-19,23H,4,7-11,13-14H2,1-3H3,(H,34,37). The molecule has 1 N–H and O–H groups in total. The third kappa shape index (κ3) is 3.75. The third-order valence-electron chi connectivity index (χ3n) is 10.1. The maximum absolute atomic E-state index is 14.0. The van der Waals surface area contributed by atoms with Crippen molar-refractivity contribution >= 4 is 33.0 Å². The van der Waals surface area contributed by atoms with Gasteiger partial charge in [0.2, 0.25) is 0 Å². The molecule has 218 valence electrons. The number of H-pyrrole nitrogens is 1. The number of pyridine rings is 1. The number of likely N-dealkylation sites (tertiary alicyclic amines) is 1. The van der Waals surface area contributed by atoms with Crippen molar-refractivity contribution in [3.05, 3.63) is 53.5 Å². The molecule has 0 bridgehead atoms. The Balaban J connectivity index is 1.33. The Morgan fingerprint density at radius 2 is 1.86 bits per heavy atom. The molecule has 1 aliphatic heterocycles. The Morgan fingerprint density at radius 1 is 1.05 bits per heavy atom. The summed E-state index contributed by atoms with van der Waals surface area (Å²) in [7, 11) is 5.70. The molecule has 0 spiro atoms. The van der Waals surface area contributed by atoms with E-state index in [2.05, 4.69) is 44.3 Å². The van der Waals surface area contributed by atoms with Crippen LogP contribution in [0, 0.1) is 11.3 Å². The number of nitrogens with one attached hydrogen (secondary N) is 1. The maximum Gasteiger partial charge on any atom is 0.329 e. The van der Waals surface area contributed by atoms with Crippen molar-refractivity contribution in [2.45, 2.75) is 50.1 Å². The number of hydrogen-bond donors (Lipinski definition) is 1. The van der Waals surface area contributed by atoms with Crippen LogP contribution in [0.25, 0.3) is 55.4 Å². The quantitative estimate of drug-likeness (QED) is 0.320. The van der Waals surface area contributed by atoms with Crippen LogP contribution in [0.2, 0.25) is 0 Å². The molecule has 0 atom stereocenters. The predicted molar refractivity (Wildman–Crippen MR) is 165 cm³/mol. The molecule has 5 aromatic heterocycles. The van der Waals surface area contributed by atoms with Gasteiger partial charge in [0, 0.05) is 68.5 Å². The van der Waals surface area contributed by atoms with Gasteiger partial charge in [0.1, 0.15) is 5.65 Å². The van der Waals surface area contributed by atoms with Crippen molar-refractivity contribution in [1.29, 1.82) is 5.26 Å². The number of imidazole rings is 1. The first-order valence-electron chi connectivity index (χ1n) is 15.0. The Morgan fingerprint density at radius 3 is 2.56 bits per heavy atom. The van der Waals surface area contributed by atoms with Crippen molar-refractivity contribution < 1.29 is 0 Å². The zero-order valence-corrected chi connectivity index (χ0v) is 24.7. The minimum absolute atomic E-state index is 0.0177. The van der Waals surface area contributed by atoms with Crippen LogP contribution in [-0.2, 0) is 21.1 Å². The van der Waals surface area contributed by atoms with E-state index in [1.165, 1.54) is 6.42 Å². The molecule has 6 aromatic rings. The van der Waals surface area contributed by atoms with Crippen molar-refractivity contribution in [2.24, 2.45) is 21.1 Å². The molecule has 2 fully saturated rings. The molecule has 6 heterocycles. The molecule has 11 nitrogen and oxygen atoms in total. The molecule has 1 saturated heterocycles. The van der Waals surface area contributed by atoms with Gasteiger partial charge < -0.3 is 4.98 Å². The van der Waals surface area contributed by atoms with E-state index < -0.39 is 0 Å². The average molecular weight is 575 g/mol. The summed E-state index contributed by atoms with van der Waals surface area (Å²) >= 11 is 0.